The van der Waals surface area contributed by atoms with E-state index in [1.807, 2.05) is 0 Å². The minimum Gasteiger partial charge on any atom is -0.491 e. The molecule has 4 atom stereocenters. The van der Waals surface area contributed by atoms with Crippen LogP contribution in [0.4, 0.5) is 8.78 Å². The lowest BCUT2D eigenvalue weighted by Gasteiger charge is -2.38. The first-order valence-corrected chi connectivity index (χ1v) is 9.97. The molecule has 4 unspecified atom stereocenters. The minimum atomic E-state index is -0.894. The molecule has 0 bridgehead atoms. The molecule has 0 saturated carbocycles. The van der Waals surface area contributed by atoms with E-state index in [1.165, 1.54) is 6.07 Å². The van der Waals surface area contributed by atoms with E-state index in [2.05, 4.69) is 6.92 Å². The van der Waals surface area contributed by atoms with E-state index in [1.54, 1.807) is 13.0 Å². The molecule has 5 heteroatoms. The maximum Gasteiger partial charge on any atom is 0.200 e. The van der Waals surface area contributed by atoms with Crippen molar-refractivity contribution in [3.63, 3.8) is 0 Å². The summed E-state index contributed by atoms with van der Waals surface area (Å²) in [6.07, 6.45) is 6.75. The highest BCUT2D eigenvalue weighted by molar-refractivity contribution is 5.33. The van der Waals surface area contributed by atoms with Crippen LogP contribution in [0, 0.1) is 17.6 Å². The molecular weight excluding hydrogens is 338 g/mol. The van der Waals surface area contributed by atoms with Crippen molar-refractivity contribution in [2.24, 2.45) is 5.92 Å². The first-order valence-electron chi connectivity index (χ1n) is 9.97. The molecule has 2 heterocycles. The molecule has 0 radical (unpaired) electrons. The van der Waals surface area contributed by atoms with Gasteiger partial charge in [-0.15, -0.1) is 0 Å². The Kier molecular flexibility index (Phi) is 6.87. The van der Waals surface area contributed by atoms with Crippen LogP contribution in [0.1, 0.15) is 63.9 Å². The molecule has 146 valence electrons. The highest BCUT2D eigenvalue weighted by Gasteiger charge is 2.33. The Bertz CT molecular complexity index is 577. The van der Waals surface area contributed by atoms with Crippen molar-refractivity contribution in [1.82, 2.24) is 0 Å². The van der Waals surface area contributed by atoms with Crippen molar-refractivity contribution in [3.05, 3.63) is 29.3 Å². The fourth-order valence-electron chi connectivity index (χ4n) is 4.19. The predicted octanol–water partition coefficient (Wildman–Crippen LogP) is 5.22. The molecule has 0 spiro atoms. The van der Waals surface area contributed by atoms with Crippen LogP contribution in [0.5, 0.6) is 5.75 Å². The lowest BCUT2D eigenvalue weighted by Crippen LogP contribution is -2.38. The van der Waals surface area contributed by atoms with Gasteiger partial charge >= 0.3 is 0 Å². The third kappa shape index (κ3) is 4.37. The predicted molar refractivity (Wildman–Crippen MR) is 96.6 cm³/mol. The average molecular weight is 368 g/mol. The van der Waals surface area contributed by atoms with Gasteiger partial charge in [0.25, 0.3) is 0 Å². The summed E-state index contributed by atoms with van der Waals surface area (Å²) in [5.74, 6) is -1.40. The van der Waals surface area contributed by atoms with Crippen molar-refractivity contribution in [3.8, 4) is 5.75 Å². The van der Waals surface area contributed by atoms with Crippen molar-refractivity contribution in [2.45, 2.75) is 70.5 Å². The van der Waals surface area contributed by atoms with Crippen LogP contribution in [0.25, 0.3) is 0 Å². The second kappa shape index (κ2) is 9.14. The largest absolute Gasteiger partial charge is 0.491 e. The van der Waals surface area contributed by atoms with Crippen molar-refractivity contribution in [2.75, 3.05) is 19.8 Å². The Morgan fingerprint density at radius 1 is 1.00 bits per heavy atom. The molecule has 0 N–H and O–H groups in total. The summed E-state index contributed by atoms with van der Waals surface area (Å²) >= 11 is 0. The van der Waals surface area contributed by atoms with Crippen molar-refractivity contribution >= 4 is 0 Å². The van der Waals surface area contributed by atoms with Gasteiger partial charge in [-0.25, -0.2) is 4.39 Å². The number of benzene rings is 1. The van der Waals surface area contributed by atoms with E-state index in [4.69, 9.17) is 14.2 Å². The summed E-state index contributed by atoms with van der Waals surface area (Å²) in [6.45, 7) is 5.44. The quantitative estimate of drug-likeness (QED) is 0.689. The normalized spacial score (nSPS) is 29.5. The van der Waals surface area contributed by atoms with Crippen LogP contribution in [-0.4, -0.2) is 32.0 Å². The summed E-state index contributed by atoms with van der Waals surface area (Å²) in [7, 11) is 0. The second-order valence-electron chi connectivity index (χ2n) is 7.44. The Hall–Kier alpha value is -1.20. The van der Waals surface area contributed by atoms with Gasteiger partial charge in [-0.05, 0) is 50.7 Å². The van der Waals surface area contributed by atoms with E-state index in [0.29, 0.717) is 30.8 Å². The fourth-order valence-corrected chi connectivity index (χ4v) is 4.19. The van der Waals surface area contributed by atoms with Gasteiger partial charge in [-0.3, -0.25) is 0 Å². The van der Waals surface area contributed by atoms with E-state index in [-0.39, 0.29) is 17.8 Å². The highest BCUT2D eigenvalue weighted by atomic mass is 19.2. The molecular formula is C21H30F2O3. The first-order chi connectivity index (χ1) is 12.6. The SMILES string of the molecule is CCCC1CCC(C2CCC(c3ccc(OCC)c(F)c3F)CO2)CO1. The van der Waals surface area contributed by atoms with Gasteiger partial charge in [0.2, 0.25) is 5.82 Å². The third-order valence-electron chi connectivity index (χ3n) is 5.67. The van der Waals surface area contributed by atoms with Gasteiger partial charge in [-0.2, -0.15) is 4.39 Å². The van der Waals surface area contributed by atoms with Gasteiger partial charge in [0.1, 0.15) is 0 Å². The van der Waals surface area contributed by atoms with Crippen LogP contribution < -0.4 is 4.74 Å². The monoisotopic (exact) mass is 368 g/mol. The average Bonchev–Trinajstić information content (AvgIpc) is 2.67. The molecule has 2 aliphatic heterocycles. The van der Waals surface area contributed by atoms with Crippen LogP contribution in [0.2, 0.25) is 0 Å². The molecule has 2 aliphatic rings. The molecule has 2 fully saturated rings. The Labute approximate surface area is 155 Å². The molecule has 1 aromatic rings. The lowest BCUT2D eigenvalue weighted by atomic mass is 9.84. The molecule has 0 aliphatic carbocycles. The number of hydrogen-bond acceptors (Lipinski definition) is 3. The number of hydrogen-bond donors (Lipinski definition) is 0. The minimum absolute atomic E-state index is 0.0238. The topological polar surface area (TPSA) is 27.7 Å². The van der Waals surface area contributed by atoms with E-state index in [9.17, 15) is 8.78 Å². The summed E-state index contributed by atoms with van der Waals surface area (Å²) in [4.78, 5) is 0. The molecule has 1 aromatic carbocycles. The zero-order chi connectivity index (χ0) is 18.5. The maximum atomic E-state index is 14.4. The summed E-state index contributed by atoms with van der Waals surface area (Å²) in [5.41, 5.74) is 0.396. The fraction of sp³-hybridized carbons (Fsp3) is 0.714. The van der Waals surface area contributed by atoms with E-state index in [0.717, 1.165) is 45.1 Å². The number of ether oxygens (including phenoxy) is 3. The highest BCUT2D eigenvalue weighted by Crippen LogP contribution is 2.37. The van der Waals surface area contributed by atoms with Crippen LogP contribution >= 0.6 is 0 Å². The summed E-state index contributed by atoms with van der Waals surface area (Å²) < 4.78 is 45.7. The summed E-state index contributed by atoms with van der Waals surface area (Å²) in [5, 5.41) is 0. The van der Waals surface area contributed by atoms with Gasteiger partial charge in [0.05, 0.1) is 32.0 Å². The molecule has 26 heavy (non-hydrogen) atoms. The van der Waals surface area contributed by atoms with Crippen LogP contribution in [-0.2, 0) is 9.47 Å². The smallest absolute Gasteiger partial charge is 0.200 e. The van der Waals surface area contributed by atoms with E-state index >= 15 is 0 Å². The molecule has 0 aromatic heterocycles. The van der Waals surface area contributed by atoms with Gasteiger partial charge in [0.15, 0.2) is 11.6 Å². The van der Waals surface area contributed by atoms with Gasteiger partial charge in [0, 0.05) is 11.8 Å². The lowest BCUT2D eigenvalue weighted by molar-refractivity contribution is -0.0966. The number of rotatable bonds is 6. The molecule has 3 rings (SSSR count). The first kappa shape index (κ1) is 19.6. The van der Waals surface area contributed by atoms with Crippen LogP contribution in [0.15, 0.2) is 12.1 Å². The molecule has 2 saturated heterocycles. The standard InChI is InChI=1S/C21H30F2O3/c1-3-5-16-8-6-15(13-25-16)18-10-7-14(12-26-18)17-9-11-19(24-4-2)21(23)20(17)22/h9,11,14-16,18H,3-8,10,12-13H2,1-2H3. The van der Waals surface area contributed by atoms with Crippen LogP contribution in [0.3, 0.4) is 0 Å². The molecule has 0 amide bonds. The van der Waals surface area contributed by atoms with Gasteiger partial charge < -0.3 is 14.2 Å². The van der Waals surface area contributed by atoms with Crippen molar-refractivity contribution in [1.29, 1.82) is 0 Å². The Balaban J connectivity index is 1.55. The third-order valence-corrected chi connectivity index (χ3v) is 5.67. The summed E-state index contributed by atoms with van der Waals surface area (Å²) in [6, 6.07) is 3.16. The zero-order valence-corrected chi connectivity index (χ0v) is 15.8. The zero-order valence-electron chi connectivity index (χ0n) is 15.8. The van der Waals surface area contributed by atoms with E-state index < -0.39 is 11.6 Å². The Morgan fingerprint density at radius 3 is 2.46 bits per heavy atom. The molecule has 3 nitrogen and oxygen atoms in total. The number of halogens is 2. The second-order valence-corrected chi connectivity index (χ2v) is 7.44. The van der Waals surface area contributed by atoms with Gasteiger partial charge in [-0.1, -0.05) is 19.4 Å². The van der Waals surface area contributed by atoms with Crippen molar-refractivity contribution < 1.29 is 23.0 Å². The Morgan fingerprint density at radius 2 is 1.85 bits per heavy atom. The maximum absolute atomic E-state index is 14.4.